The summed E-state index contributed by atoms with van der Waals surface area (Å²) in [5, 5.41) is 0.627. The standard InChI is InChI=1S/C20H24ClN3O4S/c21-16-3-4-19-20(10-16)28-17(14-27-19)13-24-8-5-15(6-9-24)11-23-29(25,26)18-2-1-7-22-12-18/h1-4,7,10,12,15,17,23H,5-6,8-9,11,13-14H2/t17-/m0/s1. The minimum Gasteiger partial charge on any atom is -0.486 e. The Morgan fingerprint density at radius 1 is 1.21 bits per heavy atom. The second-order valence-electron chi connectivity index (χ2n) is 7.43. The fourth-order valence-electron chi connectivity index (χ4n) is 3.66. The summed E-state index contributed by atoms with van der Waals surface area (Å²) < 4.78 is 39.2. The normalized spacial score (nSPS) is 20.5. The highest BCUT2D eigenvalue weighted by molar-refractivity contribution is 7.89. The maximum Gasteiger partial charge on any atom is 0.242 e. The Balaban J connectivity index is 1.23. The summed E-state index contributed by atoms with van der Waals surface area (Å²) in [4.78, 5) is 6.42. The third kappa shape index (κ3) is 5.19. The number of hydrogen-bond donors (Lipinski definition) is 1. The molecule has 0 unspecified atom stereocenters. The Morgan fingerprint density at radius 3 is 2.79 bits per heavy atom. The number of fused-ring (bicyclic) bond motifs is 1. The fourth-order valence-corrected chi connectivity index (χ4v) is 4.90. The summed E-state index contributed by atoms with van der Waals surface area (Å²) in [5.41, 5.74) is 0. The Kier molecular flexibility index (Phi) is 6.24. The summed E-state index contributed by atoms with van der Waals surface area (Å²) in [7, 11) is -3.50. The number of sulfonamides is 1. The number of ether oxygens (including phenoxy) is 2. The van der Waals surface area contributed by atoms with E-state index in [2.05, 4.69) is 14.6 Å². The molecule has 29 heavy (non-hydrogen) atoms. The second-order valence-corrected chi connectivity index (χ2v) is 9.63. The van der Waals surface area contributed by atoms with Gasteiger partial charge in [-0.25, -0.2) is 13.1 Å². The monoisotopic (exact) mass is 437 g/mol. The lowest BCUT2D eigenvalue weighted by atomic mass is 9.97. The first-order valence-corrected chi connectivity index (χ1v) is 11.6. The van der Waals surface area contributed by atoms with E-state index in [1.165, 1.54) is 6.20 Å². The molecule has 3 heterocycles. The molecule has 2 aliphatic rings. The molecular formula is C20H24ClN3O4S. The van der Waals surface area contributed by atoms with E-state index >= 15 is 0 Å². The van der Waals surface area contributed by atoms with Crippen LogP contribution in [0, 0.1) is 5.92 Å². The van der Waals surface area contributed by atoms with Crippen molar-refractivity contribution in [2.75, 3.05) is 32.8 Å². The van der Waals surface area contributed by atoms with Gasteiger partial charge in [0, 0.05) is 36.6 Å². The lowest BCUT2D eigenvalue weighted by molar-refractivity contribution is 0.0481. The van der Waals surface area contributed by atoms with Crippen molar-refractivity contribution in [3.8, 4) is 11.5 Å². The maximum absolute atomic E-state index is 12.3. The Bertz CT molecular complexity index is 934. The van der Waals surface area contributed by atoms with Gasteiger partial charge >= 0.3 is 0 Å². The van der Waals surface area contributed by atoms with Gasteiger partial charge in [-0.2, -0.15) is 0 Å². The molecule has 0 amide bonds. The summed E-state index contributed by atoms with van der Waals surface area (Å²) >= 11 is 6.03. The zero-order valence-electron chi connectivity index (χ0n) is 16.0. The number of pyridine rings is 1. The van der Waals surface area contributed by atoms with Gasteiger partial charge in [0.05, 0.1) is 0 Å². The number of likely N-dealkylation sites (tertiary alicyclic amines) is 1. The van der Waals surface area contributed by atoms with Crippen molar-refractivity contribution in [2.24, 2.45) is 5.92 Å². The van der Waals surface area contributed by atoms with E-state index in [1.54, 1.807) is 30.5 Å². The first-order valence-electron chi connectivity index (χ1n) is 9.71. The number of piperidine rings is 1. The van der Waals surface area contributed by atoms with E-state index in [4.69, 9.17) is 21.1 Å². The van der Waals surface area contributed by atoms with E-state index < -0.39 is 10.0 Å². The lowest BCUT2D eigenvalue weighted by Gasteiger charge is -2.35. The van der Waals surface area contributed by atoms with Crippen LogP contribution in [0.1, 0.15) is 12.8 Å². The molecule has 0 spiro atoms. The predicted molar refractivity (Wildman–Crippen MR) is 110 cm³/mol. The zero-order chi connectivity index (χ0) is 20.3. The van der Waals surface area contributed by atoms with Crippen molar-refractivity contribution in [3.63, 3.8) is 0 Å². The molecule has 1 saturated heterocycles. The molecule has 156 valence electrons. The molecule has 2 aliphatic heterocycles. The maximum atomic E-state index is 12.3. The first-order chi connectivity index (χ1) is 14.0. The van der Waals surface area contributed by atoms with Crippen molar-refractivity contribution in [2.45, 2.75) is 23.8 Å². The molecule has 1 fully saturated rings. The molecular weight excluding hydrogens is 414 g/mol. The number of nitrogens with zero attached hydrogens (tertiary/aromatic N) is 2. The quantitative estimate of drug-likeness (QED) is 0.748. The lowest BCUT2D eigenvalue weighted by Crippen LogP contribution is -2.45. The van der Waals surface area contributed by atoms with Crippen LogP contribution in [0.2, 0.25) is 5.02 Å². The van der Waals surface area contributed by atoms with Gasteiger partial charge in [0.15, 0.2) is 11.5 Å². The van der Waals surface area contributed by atoms with E-state index in [1.807, 2.05) is 6.07 Å². The highest BCUT2D eigenvalue weighted by Crippen LogP contribution is 2.34. The Labute approximate surface area is 176 Å². The summed E-state index contributed by atoms with van der Waals surface area (Å²) in [6, 6.07) is 8.57. The van der Waals surface area contributed by atoms with Crippen LogP contribution in [-0.2, 0) is 10.0 Å². The van der Waals surface area contributed by atoms with Crippen LogP contribution in [0.25, 0.3) is 0 Å². The topological polar surface area (TPSA) is 80.8 Å². The highest BCUT2D eigenvalue weighted by Gasteiger charge is 2.27. The molecule has 2 aromatic rings. The number of hydrogen-bond acceptors (Lipinski definition) is 6. The van der Waals surface area contributed by atoms with Gasteiger partial charge in [0.2, 0.25) is 10.0 Å². The second kappa shape index (κ2) is 8.87. The third-order valence-corrected chi connectivity index (χ3v) is 6.94. The third-order valence-electron chi connectivity index (χ3n) is 5.30. The van der Waals surface area contributed by atoms with Gasteiger partial charge in [-0.1, -0.05) is 11.6 Å². The van der Waals surface area contributed by atoms with Crippen molar-refractivity contribution < 1.29 is 17.9 Å². The van der Waals surface area contributed by atoms with Gasteiger partial charge in [-0.15, -0.1) is 0 Å². The smallest absolute Gasteiger partial charge is 0.242 e. The number of benzene rings is 1. The molecule has 9 heteroatoms. The van der Waals surface area contributed by atoms with Gasteiger partial charge in [-0.05, 0) is 56.1 Å². The Morgan fingerprint density at radius 2 is 2.03 bits per heavy atom. The van der Waals surface area contributed by atoms with Crippen molar-refractivity contribution in [1.29, 1.82) is 0 Å². The number of aromatic nitrogens is 1. The average molecular weight is 438 g/mol. The Hall–Kier alpha value is -1.87. The molecule has 1 aromatic heterocycles. The van der Waals surface area contributed by atoms with Crippen molar-refractivity contribution >= 4 is 21.6 Å². The number of halogens is 1. The molecule has 1 atom stereocenters. The van der Waals surface area contributed by atoms with Crippen LogP contribution in [0.5, 0.6) is 11.5 Å². The summed E-state index contributed by atoms with van der Waals surface area (Å²) in [6.45, 7) is 3.54. The van der Waals surface area contributed by atoms with Gasteiger partial charge < -0.3 is 9.47 Å². The predicted octanol–water partition coefficient (Wildman–Crippen LogP) is 2.57. The molecule has 0 radical (unpaired) electrons. The minimum atomic E-state index is -3.50. The molecule has 1 N–H and O–H groups in total. The van der Waals surface area contributed by atoms with Crippen LogP contribution in [0.15, 0.2) is 47.6 Å². The van der Waals surface area contributed by atoms with Crippen LogP contribution in [-0.4, -0.2) is 57.2 Å². The van der Waals surface area contributed by atoms with Gasteiger partial charge in [0.25, 0.3) is 0 Å². The molecule has 0 bridgehead atoms. The largest absolute Gasteiger partial charge is 0.486 e. The zero-order valence-corrected chi connectivity index (χ0v) is 17.5. The molecule has 4 rings (SSSR count). The summed E-state index contributed by atoms with van der Waals surface area (Å²) in [6.07, 6.45) is 4.75. The molecule has 0 saturated carbocycles. The van der Waals surface area contributed by atoms with E-state index in [0.717, 1.165) is 38.2 Å². The number of rotatable bonds is 6. The highest BCUT2D eigenvalue weighted by atomic mass is 35.5. The van der Waals surface area contributed by atoms with Crippen molar-refractivity contribution in [3.05, 3.63) is 47.7 Å². The van der Waals surface area contributed by atoms with E-state index in [-0.39, 0.29) is 11.0 Å². The fraction of sp³-hybridized carbons (Fsp3) is 0.450. The van der Waals surface area contributed by atoms with Gasteiger partial charge in [-0.3, -0.25) is 9.88 Å². The molecule has 1 aromatic carbocycles. The van der Waals surface area contributed by atoms with Crippen molar-refractivity contribution in [1.82, 2.24) is 14.6 Å². The van der Waals surface area contributed by atoms with Crippen LogP contribution >= 0.6 is 11.6 Å². The SMILES string of the molecule is O=S(=O)(NCC1CCN(C[C@H]2COc3ccc(Cl)cc3O2)CC1)c1cccnc1. The van der Waals surface area contributed by atoms with Crippen LogP contribution in [0.3, 0.4) is 0 Å². The first kappa shape index (κ1) is 20.4. The minimum absolute atomic E-state index is 0.0402. The average Bonchev–Trinajstić information content (AvgIpc) is 2.74. The molecule has 0 aliphatic carbocycles. The van der Waals surface area contributed by atoms with Crippen LogP contribution < -0.4 is 14.2 Å². The van der Waals surface area contributed by atoms with E-state index in [9.17, 15) is 8.42 Å². The summed E-state index contributed by atoms with van der Waals surface area (Å²) in [5.74, 6) is 1.74. The van der Waals surface area contributed by atoms with Gasteiger partial charge in [0.1, 0.15) is 17.6 Å². The van der Waals surface area contributed by atoms with E-state index in [0.29, 0.717) is 29.8 Å². The molecule has 7 nitrogen and oxygen atoms in total. The number of nitrogens with one attached hydrogen (secondary N) is 1. The van der Waals surface area contributed by atoms with Crippen LogP contribution in [0.4, 0.5) is 0 Å².